The lowest BCUT2D eigenvalue weighted by atomic mass is 9.69. The predicted molar refractivity (Wildman–Crippen MR) is 82.0 cm³/mol. The van der Waals surface area contributed by atoms with Crippen molar-refractivity contribution in [1.29, 1.82) is 0 Å². The lowest BCUT2D eigenvalue weighted by Crippen LogP contribution is -2.48. The summed E-state index contributed by atoms with van der Waals surface area (Å²) in [5.41, 5.74) is -0.795. The summed E-state index contributed by atoms with van der Waals surface area (Å²) in [5.74, 6) is 0.521. The van der Waals surface area contributed by atoms with Crippen LogP contribution in [0.3, 0.4) is 0 Å². The SMILES string of the molecule is CCC(C)(C)C(=O)N1C2CC3CCC2(CS1(=O)=O)C3(C)C. The molecule has 120 valence electrons. The summed E-state index contributed by atoms with van der Waals surface area (Å²) < 4.78 is 26.8. The van der Waals surface area contributed by atoms with E-state index in [2.05, 4.69) is 13.8 Å². The molecular formula is C16H27NO3S. The Labute approximate surface area is 128 Å². The lowest BCUT2D eigenvalue weighted by Gasteiger charge is -2.38. The molecule has 2 aliphatic carbocycles. The smallest absolute Gasteiger partial charge is 0.241 e. The summed E-state index contributed by atoms with van der Waals surface area (Å²) >= 11 is 0. The third kappa shape index (κ3) is 1.67. The molecule has 0 aromatic heterocycles. The van der Waals surface area contributed by atoms with E-state index >= 15 is 0 Å². The molecular weight excluding hydrogens is 286 g/mol. The van der Waals surface area contributed by atoms with Crippen LogP contribution in [0.25, 0.3) is 0 Å². The Morgan fingerprint density at radius 3 is 2.48 bits per heavy atom. The molecule has 4 nitrogen and oxygen atoms in total. The standard InChI is InChI=1S/C16H27NO3S/c1-6-14(2,3)13(18)17-12-9-11-7-8-16(12,15(11,4)5)10-21(17,19)20/h11-12H,6-10H2,1-5H3. The van der Waals surface area contributed by atoms with E-state index in [-0.39, 0.29) is 28.5 Å². The molecule has 3 atom stereocenters. The summed E-state index contributed by atoms with van der Waals surface area (Å²) in [6.07, 6.45) is 3.57. The minimum absolute atomic E-state index is 0.0239. The zero-order chi connectivity index (χ0) is 15.8. The first kappa shape index (κ1) is 15.3. The average molecular weight is 313 g/mol. The van der Waals surface area contributed by atoms with Crippen molar-refractivity contribution in [2.75, 3.05) is 5.75 Å². The van der Waals surface area contributed by atoms with E-state index in [1.807, 2.05) is 20.8 Å². The predicted octanol–water partition coefficient (Wildman–Crippen LogP) is 2.79. The highest BCUT2D eigenvalue weighted by atomic mass is 32.2. The molecule has 2 saturated carbocycles. The van der Waals surface area contributed by atoms with Crippen molar-refractivity contribution in [3.63, 3.8) is 0 Å². The maximum absolute atomic E-state index is 12.9. The van der Waals surface area contributed by atoms with Gasteiger partial charge in [-0.1, -0.05) is 34.6 Å². The van der Waals surface area contributed by atoms with Gasteiger partial charge < -0.3 is 0 Å². The molecule has 2 bridgehead atoms. The number of sulfonamides is 1. The first-order chi connectivity index (χ1) is 9.49. The van der Waals surface area contributed by atoms with Crippen LogP contribution < -0.4 is 0 Å². The van der Waals surface area contributed by atoms with E-state index in [1.54, 1.807) is 0 Å². The minimum atomic E-state index is -3.47. The summed E-state index contributed by atoms with van der Waals surface area (Å²) in [7, 11) is -3.47. The van der Waals surface area contributed by atoms with Gasteiger partial charge in [0.25, 0.3) is 0 Å². The largest absolute Gasteiger partial charge is 0.273 e. The van der Waals surface area contributed by atoms with Gasteiger partial charge in [-0.3, -0.25) is 4.79 Å². The van der Waals surface area contributed by atoms with E-state index in [4.69, 9.17) is 0 Å². The van der Waals surface area contributed by atoms with Gasteiger partial charge in [0, 0.05) is 10.8 Å². The van der Waals surface area contributed by atoms with E-state index in [0.717, 1.165) is 19.3 Å². The van der Waals surface area contributed by atoms with Crippen molar-refractivity contribution < 1.29 is 13.2 Å². The Morgan fingerprint density at radius 2 is 1.95 bits per heavy atom. The average Bonchev–Trinajstić information content (AvgIpc) is 2.84. The molecule has 1 aliphatic heterocycles. The van der Waals surface area contributed by atoms with Crippen LogP contribution in [0.5, 0.6) is 0 Å². The van der Waals surface area contributed by atoms with Crippen molar-refractivity contribution in [3.05, 3.63) is 0 Å². The number of hydrogen-bond acceptors (Lipinski definition) is 3. The van der Waals surface area contributed by atoms with E-state index < -0.39 is 15.4 Å². The molecule has 1 spiro atoms. The lowest BCUT2D eigenvalue weighted by molar-refractivity contribution is -0.138. The summed E-state index contributed by atoms with van der Waals surface area (Å²) in [6, 6.07) is -0.102. The van der Waals surface area contributed by atoms with Crippen molar-refractivity contribution in [3.8, 4) is 0 Å². The summed E-state index contributed by atoms with van der Waals surface area (Å²) in [5, 5.41) is 0. The quantitative estimate of drug-likeness (QED) is 0.787. The van der Waals surface area contributed by atoms with Crippen LogP contribution in [0.15, 0.2) is 0 Å². The van der Waals surface area contributed by atoms with Gasteiger partial charge in [-0.25, -0.2) is 12.7 Å². The Hall–Kier alpha value is -0.580. The Kier molecular flexibility index (Phi) is 2.94. The number of carbonyl (C=O) groups excluding carboxylic acids is 1. The molecule has 1 amide bonds. The molecule has 1 heterocycles. The molecule has 0 radical (unpaired) electrons. The van der Waals surface area contributed by atoms with Crippen molar-refractivity contribution in [2.45, 2.75) is 66.3 Å². The Morgan fingerprint density at radius 1 is 1.33 bits per heavy atom. The maximum atomic E-state index is 12.9. The fraction of sp³-hybridized carbons (Fsp3) is 0.938. The topological polar surface area (TPSA) is 54.5 Å². The third-order valence-corrected chi connectivity index (χ3v) is 8.97. The highest BCUT2D eigenvalue weighted by Gasteiger charge is 2.72. The number of rotatable bonds is 2. The van der Waals surface area contributed by atoms with Crippen LogP contribution in [0.1, 0.15) is 60.3 Å². The van der Waals surface area contributed by atoms with Crippen LogP contribution in [-0.2, 0) is 14.8 Å². The monoisotopic (exact) mass is 313 g/mol. The van der Waals surface area contributed by atoms with Gasteiger partial charge in [-0.05, 0) is 37.0 Å². The molecule has 0 aromatic carbocycles. The number of amides is 1. The Balaban J connectivity index is 2.07. The van der Waals surface area contributed by atoms with E-state index in [1.165, 1.54) is 4.31 Å². The number of fused-ring (bicyclic) bond motifs is 1. The van der Waals surface area contributed by atoms with E-state index in [0.29, 0.717) is 12.3 Å². The second-order valence-electron chi connectivity index (χ2n) is 8.46. The molecule has 21 heavy (non-hydrogen) atoms. The highest BCUT2D eigenvalue weighted by molar-refractivity contribution is 7.90. The zero-order valence-electron chi connectivity index (χ0n) is 13.8. The van der Waals surface area contributed by atoms with Gasteiger partial charge in [-0.15, -0.1) is 0 Å². The van der Waals surface area contributed by atoms with Crippen LogP contribution >= 0.6 is 0 Å². The fourth-order valence-corrected chi connectivity index (χ4v) is 7.68. The van der Waals surface area contributed by atoms with Crippen LogP contribution in [-0.4, -0.2) is 30.4 Å². The van der Waals surface area contributed by atoms with Gasteiger partial charge in [0.1, 0.15) is 0 Å². The van der Waals surface area contributed by atoms with Crippen LogP contribution in [0, 0.1) is 22.2 Å². The summed E-state index contributed by atoms with van der Waals surface area (Å²) in [4.78, 5) is 12.9. The number of nitrogens with zero attached hydrogens (tertiary/aromatic N) is 1. The van der Waals surface area contributed by atoms with Gasteiger partial charge in [0.15, 0.2) is 0 Å². The van der Waals surface area contributed by atoms with Gasteiger partial charge in [-0.2, -0.15) is 0 Å². The van der Waals surface area contributed by atoms with E-state index in [9.17, 15) is 13.2 Å². The fourth-order valence-electron chi connectivity index (χ4n) is 5.01. The third-order valence-electron chi connectivity index (χ3n) is 7.07. The normalized spacial score (nSPS) is 39.6. The first-order valence-electron chi connectivity index (χ1n) is 8.06. The van der Waals surface area contributed by atoms with Crippen molar-refractivity contribution in [2.24, 2.45) is 22.2 Å². The molecule has 3 aliphatic rings. The minimum Gasteiger partial charge on any atom is -0.273 e. The molecule has 3 fully saturated rings. The van der Waals surface area contributed by atoms with Gasteiger partial charge in [0.05, 0.1) is 11.8 Å². The molecule has 0 N–H and O–H groups in total. The highest BCUT2D eigenvalue weighted by Crippen LogP contribution is 2.70. The molecule has 3 unspecified atom stereocenters. The van der Waals surface area contributed by atoms with Crippen molar-refractivity contribution in [1.82, 2.24) is 4.31 Å². The maximum Gasteiger partial charge on any atom is 0.241 e. The zero-order valence-corrected chi connectivity index (χ0v) is 14.6. The second kappa shape index (κ2) is 4.03. The number of hydrogen-bond donors (Lipinski definition) is 0. The van der Waals surface area contributed by atoms with Gasteiger partial charge >= 0.3 is 0 Å². The Bertz CT molecular complexity index is 593. The number of carbonyl (C=O) groups is 1. The molecule has 5 heteroatoms. The second-order valence-corrected chi connectivity index (χ2v) is 10.3. The van der Waals surface area contributed by atoms with Gasteiger partial charge in [0.2, 0.25) is 15.9 Å². The van der Waals surface area contributed by atoms with Crippen molar-refractivity contribution >= 4 is 15.9 Å². The molecule has 0 aromatic rings. The van der Waals surface area contributed by atoms with Crippen LogP contribution in [0.2, 0.25) is 0 Å². The molecule has 3 rings (SSSR count). The first-order valence-corrected chi connectivity index (χ1v) is 9.67. The molecule has 1 saturated heterocycles. The summed E-state index contributed by atoms with van der Waals surface area (Å²) in [6.45, 7) is 10.1. The van der Waals surface area contributed by atoms with Crippen LogP contribution in [0.4, 0.5) is 0 Å².